The molecule has 1 unspecified atom stereocenters. The Morgan fingerprint density at radius 2 is 1.83 bits per heavy atom. The molecule has 162 valence electrons. The van der Waals surface area contributed by atoms with E-state index in [-0.39, 0.29) is 19.5 Å². The molecule has 2 aliphatic heterocycles. The summed E-state index contributed by atoms with van der Waals surface area (Å²) in [5, 5.41) is 0. The molecule has 0 radical (unpaired) electrons. The van der Waals surface area contributed by atoms with E-state index in [2.05, 4.69) is 0 Å². The first-order valence-corrected chi connectivity index (χ1v) is 10.8. The molecule has 2 saturated heterocycles. The Hall–Kier alpha value is -1.95. The van der Waals surface area contributed by atoms with Crippen molar-refractivity contribution >= 4 is 27.6 Å². The third kappa shape index (κ3) is 4.80. The smallest absolute Gasteiger partial charge is 0.414 e. The number of hydrogen-bond acceptors (Lipinski definition) is 7. The number of benzene rings is 1. The van der Waals surface area contributed by atoms with Gasteiger partial charge in [-0.05, 0) is 24.3 Å². The lowest BCUT2D eigenvalue weighted by atomic mass is 10.0. The number of amides is 1. The van der Waals surface area contributed by atoms with Crippen molar-refractivity contribution in [2.75, 3.05) is 49.4 Å². The average Bonchev–Trinajstić information content (AvgIpc) is 3.07. The highest BCUT2D eigenvalue weighted by molar-refractivity contribution is 7.85. The summed E-state index contributed by atoms with van der Waals surface area (Å²) in [7, 11) is -1.25. The fourth-order valence-electron chi connectivity index (χ4n) is 3.66. The van der Waals surface area contributed by atoms with Crippen LogP contribution in [0.3, 0.4) is 0 Å². The first-order chi connectivity index (χ1) is 13.7. The Morgan fingerprint density at radius 1 is 1.21 bits per heavy atom. The monoisotopic (exact) mass is 432 g/mol. The first-order valence-electron chi connectivity index (χ1n) is 9.20. The number of anilines is 2. The maximum atomic E-state index is 14.6. The van der Waals surface area contributed by atoms with E-state index in [0.717, 1.165) is 5.69 Å². The number of alkyl halides is 1. The second-order valence-corrected chi connectivity index (χ2v) is 8.66. The van der Waals surface area contributed by atoms with Crippen molar-refractivity contribution in [2.24, 2.45) is 0 Å². The number of carbonyl (C=O) groups is 1. The number of carbonyl (C=O) groups excluding carboxylic acids is 1. The van der Waals surface area contributed by atoms with Gasteiger partial charge in [0, 0.05) is 45.0 Å². The number of hydrogen-bond donors (Lipinski definition) is 1. The summed E-state index contributed by atoms with van der Waals surface area (Å²) in [5.41, 5.74) is 1.39. The molecule has 3 rings (SSSR count). The second kappa shape index (κ2) is 8.42. The number of ether oxygens (including phenoxy) is 3. The van der Waals surface area contributed by atoms with Gasteiger partial charge in [0.25, 0.3) is 10.1 Å². The molecule has 11 heteroatoms. The van der Waals surface area contributed by atoms with Gasteiger partial charge in [0.2, 0.25) is 5.79 Å². The van der Waals surface area contributed by atoms with E-state index in [1.165, 1.54) is 19.1 Å². The molecule has 0 bridgehead atoms. The summed E-state index contributed by atoms with van der Waals surface area (Å²) >= 11 is 0. The van der Waals surface area contributed by atoms with Crippen molar-refractivity contribution in [3.63, 3.8) is 0 Å². The summed E-state index contributed by atoms with van der Waals surface area (Å²) in [6.45, 7) is 0.851. The standard InChI is InChI=1S/C18H25FN2O7S/c1-26-18(27-2)8-9-20(12-16(18)19)13-3-5-14(6-4-13)21-11-15(28-17(21)22)7-10-29(23,24)25/h3-6,15-16H,7-12H2,1-2H3,(H,23,24,25)/t15-,16?/m1/s1. The topological polar surface area (TPSA) is 106 Å². The minimum atomic E-state index is -4.11. The summed E-state index contributed by atoms with van der Waals surface area (Å²) in [6.07, 6.45) is -2.12. The molecular weight excluding hydrogens is 407 g/mol. The largest absolute Gasteiger partial charge is 0.444 e. The zero-order valence-electron chi connectivity index (χ0n) is 16.3. The van der Waals surface area contributed by atoms with Crippen molar-refractivity contribution < 1.29 is 36.4 Å². The maximum absolute atomic E-state index is 14.6. The van der Waals surface area contributed by atoms with Crippen LogP contribution in [-0.2, 0) is 24.3 Å². The van der Waals surface area contributed by atoms with Gasteiger partial charge in [-0.15, -0.1) is 0 Å². The van der Waals surface area contributed by atoms with E-state index < -0.39 is 40.0 Å². The summed E-state index contributed by atoms with van der Waals surface area (Å²) in [6, 6.07) is 7.02. The molecule has 1 aromatic carbocycles. The van der Waals surface area contributed by atoms with E-state index in [0.29, 0.717) is 18.7 Å². The average molecular weight is 432 g/mol. The van der Waals surface area contributed by atoms with Gasteiger partial charge in [-0.25, -0.2) is 9.18 Å². The highest BCUT2D eigenvalue weighted by Gasteiger charge is 2.44. The molecule has 2 heterocycles. The highest BCUT2D eigenvalue weighted by Crippen LogP contribution is 2.33. The lowest BCUT2D eigenvalue weighted by molar-refractivity contribution is -0.249. The lowest BCUT2D eigenvalue weighted by Gasteiger charge is -2.42. The number of methoxy groups -OCH3 is 2. The minimum Gasteiger partial charge on any atom is -0.444 e. The molecule has 2 atom stereocenters. The Morgan fingerprint density at radius 3 is 2.38 bits per heavy atom. The molecule has 0 spiro atoms. The fourth-order valence-corrected chi connectivity index (χ4v) is 4.22. The Kier molecular flexibility index (Phi) is 6.32. The van der Waals surface area contributed by atoms with Crippen LogP contribution in [0.4, 0.5) is 20.6 Å². The van der Waals surface area contributed by atoms with Crippen LogP contribution in [0.2, 0.25) is 0 Å². The van der Waals surface area contributed by atoms with Gasteiger partial charge in [-0.2, -0.15) is 8.42 Å². The molecule has 1 aromatic rings. The van der Waals surface area contributed by atoms with Gasteiger partial charge < -0.3 is 19.1 Å². The molecule has 29 heavy (non-hydrogen) atoms. The van der Waals surface area contributed by atoms with Gasteiger partial charge in [-0.1, -0.05) is 0 Å². The number of rotatable bonds is 7. The molecule has 9 nitrogen and oxygen atoms in total. The van der Waals surface area contributed by atoms with E-state index >= 15 is 0 Å². The van der Waals surface area contributed by atoms with Crippen LogP contribution in [-0.4, -0.2) is 76.7 Å². The minimum absolute atomic E-state index is 0.0194. The van der Waals surface area contributed by atoms with E-state index in [1.807, 2.05) is 4.90 Å². The van der Waals surface area contributed by atoms with Gasteiger partial charge in [0.15, 0.2) is 6.17 Å². The van der Waals surface area contributed by atoms with Crippen molar-refractivity contribution in [3.05, 3.63) is 24.3 Å². The van der Waals surface area contributed by atoms with Crippen LogP contribution in [0.5, 0.6) is 0 Å². The van der Waals surface area contributed by atoms with E-state index in [1.54, 1.807) is 24.3 Å². The molecule has 2 aliphatic rings. The number of cyclic esters (lactones) is 1. The van der Waals surface area contributed by atoms with Crippen molar-refractivity contribution in [1.29, 1.82) is 0 Å². The third-order valence-corrected chi connectivity index (χ3v) is 6.13. The number of halogens is 1. The Bertz CT molecular complexity index is 829. The lowest BCUT2D eigenvalue weighted by Crippen LogP contribution is -2.55. The molecule has 0 aliphatic carbocycles. The van der Waals surface area contributed by atoms with Crippen LogP contribution in [0.15, 0.2) is 24.3 Å². The van der Waals surface area contributed by atoms with Crippen LogP contribution in [0.25, 0.3) is 0 Å². The third-order valence-electron chi connectivity index (χ3n) is 5.38. The SMILES string of the molecule is COC1(OC)CCN(c2ccc(N3C[C@@H](CCS(=O)(=O)O)OC3=O)cc2)CC1F. The molecule has 2 fully saturated rings. The van der Waals surface area contributed by atoms with Gasteiger partial charge in [0.1, 0.15) is 6.10 Å². The van der Waals surface area contributed by atoms with E-state index in [4.69, 9.17) is 18.8 Å². The highest BCUT2D eigenvalue weighted by atomic mass is 32.2. The summed E-state index contributed by atoms with van der Waals surface area (Å²) < 4.78 is 60.8. The second-order valence-electron chi connectivity index (χ2n) is 7.09. The number of piperidine rings is 1. The van der Waals surface area contributed by atoms with Gasteiger partial charge in [0.05, 0.1) is 18.8 Å². The molecule has 1 amide bonds. The zero-order chi connectivity index (χ0) is 21.2. The summed E-state index contributed by atoms with van der Waals surface area (Å²) in [5.74, 6) is -1.70. The van der Waals surface area contributed by atoms with Crippen LogP contribution in [0.1, 0.15) is 12.8 Å². The predicted octanol–water partition coefficient (Wildman–Crippen LogP) is 1.83. The molecule has 0 aromatic heterocycles. The first kappa shape index (κ1) is 21.8. The van der Waals surface area contributed by atoms with Crippen LogP contribution < -0.4 is 9.80 Å². The van der Waals surface area contributed by atoms with Crippen LogP contribution >= 0.6 is 0 Å². The normalized spacial score (nSPS) is 24.6. The van der Waals surface area contributed by atoms with Crippen LogP contribution in [0, 0.1) is 0 Å². The quantitative estimate of drug-likeness (QED) is 0.514. The van der Waals surface area contributed by atoms with Crippen molar-refractivity contribution in [3.8, 4) is 0 Å². The van der Waals surface area contributed by atoms with E-state index in [9.17, 15) is 17.6 Å². The number of nitrogens with zero attached hydrogens (tertiary/aromatic N) is 2. The Balaban J connectivity index is 1.63. The maximum Gasteiger partial charge on any atom is 0.414 e. The molecular formula is C18H25FN2O7S. The molecule has 1 N–H and O–H groups in total. The van der Waals surface area contributed by atoms with Crippen molar-refractivity contribution in [1.82, 2.24) is 0 Å². The Labute approximate surface area is 169 Å². The fraction of sp³-hybridized carbons (Fsp3) is 0.611. The zero-order valence-corrected chi connectivity index (χ0v) is 17.1. The van der Waals surface area contributed by atoms with Gasteiger partial charge >= 0.3 is 6.09 Å². The van der Waals surface area contributed by atoms with Gasteiger partial charge in [-0.3, -0.25) is 9.45 Å². The predicted molar refractivity (Wildman–Crippen MR) is 104 cm³/mol. The van der Waals surface area contributed by atoms with Crippen molar-refractivity contribution in [2.45, 2.75) is 30.9 Å². The molecule has 0 saturated carbocycles. The summed E-state index contributed by atoms with van der Waals surface area (Å²) in [4.78, 5) is 15.4.